The van der Waals surface area contributed by atoms with Gasteiger partial charge in [0.1, 0.15) is 11.5 Å². The van der Waals surface area contributed by atoms with E-state index >= 15 is 0 Å². The van der Waals surface area contributed by atoms with Crippen molar-refractivity contribution in [3.05, 3.63) is 94.5 Å². The van der Waals surface area contributed by atoms with Crippen LogP contribution in [0.2, 0.25) is 5.02 Å². The molecule has 158 valence electrons. The first-order valence-electron chi connectivity index (χ1n) is 9.55. The Labute approximate surface area is 185 Å². The van der Waals surface area contributed by atoms with E-state index in [1.807, 2.05) is 19.1 Å². The minimum absolute atomic E-state index is 0.394. The van der Waals surface area contributed by atoms with Crippen LogP contribution in [0.1, 0.15) is 28.4 Å². The highest BCUT2D eigenvalue weighted by Crippen LogP contribution is 2.17. The second kappa shape index (κ2) is 10.4. The van der Waals surface area contributed by atoms with E-state index in [0.717, 1.165) is 11.1 Å². The molecule has 0 radical (unpaired) electrons. The molecule has 1 amide bonds. The molecule has 0 heterocycles. The number of halogens is 1. The maximum atomic E-state index is 12.3. The van der Waals surface area contributed by atoms with Crippen LogP contribution >= 0.6 is 11.6 Å². The molecule has 7 heteroatoms. The van der Waals surface area contributed by atoms with Crippen LogP contribution in [0.25, 0.3) is 0 Å². The number of benzene rings is 3. The summed E-state index contributed by atoms with van der Waals surface area (Å²) in [6.45, 7) is 3.48. The smallest absolute Gasteiger partial charge is 0.343 e. The summed E-state index contributed by atoms with van der Waals surface area (Å²) in [7, 11) is 0. The molecule has 1 atom stereocenters. The number of nitrogens with one attached hydrogen (secondary N) is 1. The Morgan fingerprint density at radius 2 is 1.61 bits per heavy atom. The zero-order chi connectivity index (χ0) is 22.2. The summed E-state index contributed by atoms with van der Waals surface area (Å²) in [5.74, 6) is 0.141. The molecule has 0 aromatic heterocycles. The molecule has 0 saturated heterocycles. The van der Waals surface area contributed by atoms with Gasteiger partial charge in [-0.3, -0.25) is 4.79 Å². The maximum absolute atomic E-state index is 12.3. The maximum Gasteiger partial charge on any atom is 0.343 e. The van der Waals surface area contributed by atoms with E-state index in [0.29, 0.717) is 22.1 Å². The molecule has 31 heavy (non-hydrogen) atoms. The van der Waals surface area contributed by atoms with Crippen molar-refractivity contribution in [2.45, 2.75) is 20.0 Å². The SMILES string of the molecule is Cc1ccccc1C(=O)Oc1ccc(C=NNC(=O)C(C)Oc2ccc(Cl)cc2)cc1. The molecule has 0 aliphatic heterocycles. The Morgan fingerprint density at radius 3 is 2.29 bits per heavy atom. The summed E-state index contributed by atoms with van der Waals surface area (Å²) in [4.78, 5) is 24.4. The van der Waals surface area contributed by atoms with Crippen molar-refractivity contribution in [1.29, 1.82) is 0 Å². The highest BCUT2D eigenvalue weighted by Gasteiger charge is 2.14. The molecule has 1 N–H and O–H groups in total. The first-order chi connectivity index (χ1) is 14.9. The fraction of sp³-hybridized carbons (Fsp3) is 0.125. The van der Waals surface area contributed by atoms with Gasteiger partial charge in [-0.15, -0.1) is 0 Å². The average Bonchev–Trinajstić information content (AvgIpc) is 2.76. The van der Waals surface area contributed by atoms with E-state index in [1.54, 1.807) is 67.6 Å². The van der Waals surface area contributed by atoms with E-state index in [4.69, 9.17) is 21.1 Å². The summed E-state index contributed by atoms with van der Waals surface area (Å²) < 4.78 is 10.9. The number of rotatable bonds is 7. The second-order valence-electron chi connectivity index (χ2n) is 6.72. The highest BCUT2D eigenvalue weighted by atomic mass is 35.5. The predicted octanol–water partition coefficient (Wildman–Crippen LogP) is 4.79. The van der Waals surface area contributed by atoms with Crippen molar-refractivity contribution in [2.75, 3.05) is 0 Å². The molecule has 0 saturated carbocycles. The molecule has 1 unspecified atom stereocenters. The Morgan fingerprint density at radius 1 is 0.968 bits per heavy atom. The lowest BCUT2D eigenvalue weighted by atomic mass is 10.1. The third-order valence-corrected chi connectivity index (χ3v) is 4.59. The van der Waals surface area contributed by atoms with Crippen molar-refractivity contribution in [1.82, 2.24) is 5.43 Å². The molecule has 6 nitrogen and oxygen atoms in total. The number of amides is 1. The lowest BCUT2D eigenvalue weighted by Gasteiger charge is -2.12. The van der Waals surface area contributed by atoms with Gasteiger partial charge >= 0.3 is 5.97 Å². The second-order valence-corrected chi connectivity index (χ2v) is 7.16. The van der Waals surface area contributed by atoms with Crippen LogP contribution in [-0.4, -0.2) is 24.2 Å². The van der Waals surface area contributed by atoms with Crippen molar-refractivity contribution in [2.24, 2.45) is 5.10 Å². The monoisotopic (exact) mass is 436 g/mol. The topological polar surface area (TPSA) is 77.0 Å². The van der Waals surface area contributed by atoms with Crippen molar-refractivity contribution in [3.8, 4) is 11.5 Å². The van der Waals surface area contributed by atoms with Gasteiger partial charge < -0.3 is 9.47 Å². The van der Waals surface area contributed by atoms with Crippen molar-refractivity contribution >= 4 is 29.7 Å². The molecule has 3 aromatic rings. The minimum atomic E-state index is -0.735. The van der Waals surface area contributed by atoms with E-state index in [-0.39, 0.29) is 0 Å². The first kappa shape index (κ1) is 22.1. The Balaban J connectivity index is 1.51. The number of carbonyl (C=O) groups excluding carboxylic acids is 2. The Hall–Kier alpha value is -3.64. The van der Waals surface area contributed by atoms with Gasteiger partial charge in [0, 0.05) is 5.02 Å². The molecule has 3 rings (SSSR count). The van der Waals surface area contributed by atoms with Gasteiger partial charge in [0.15, 0.2) is 6.10 Å². The van der Waals surface area contributed by atoms with Gasteiger partial charge in [-0.1, -0.05) is 29.8 Å². The quantitative estimate of drug-likeness (QED) is 0.250. The first-order valence-corrected chi connectivity index (χ1v) is 9.93. The largest absolute Gasteiger partial charge is 0.481 e. The van der Waals surface area contributed by atoms with Crippen molar-refractivity contribution in [3.63, 3.8) is 0 Å². The number of aryl methyl sites for hydroxylation is 1. The fourth-order valence-corrected chi connectivity index (χ4v) is 2.74. The number of hydrogen-bond acceptors (Lipinski definition) is 5. The average molecular weight is 437 g/mol. The predicted molar refractivity (Wildman–Crippen MR) is 120 cm³/mol. The normalized spacial score (nSPS) is 11.7. The Bertz CT molecular complexity index is 1080. The van der Waals surface area contributed by atoms with Crippen LogP contribution in [0.5, 0.6) is 11.5 Å². The van der Waals surface area contributed by atoms with Gasteiger partial charge in [0.25, 0.3) is 5.91 Å². The summed E-state index contributed by atoms with van der Waals surface area (Å²) in [5.41, 5.74) is 4.52. The lowest BCUT2D eigenvalue weighted by molar-refractivity contribution is -0.127. The van der Waals surface area contributed by atoms with Crippen molar-refractivity contribution < 1.29 is 19.1 Å². The van der Waals surface area contributed by atoms with Gasteiger partial charge in [-0.2, -0.15) is 5.10 Å². The molecule has 3 aromatic carbocycles. The number of nitrogens with zero attached hydrogens (tertiary/aromatic N) is 1. The Kier molecular flexibility index (Phi) is 7.40. The van der Waals surface area contributed by atoms with Gasteiger partial charge in [0.2, 0.25) is 0 Å². The summed E-state index contributed by atoms with van der Waals surface area (Å²) in [5, 5.41) is 4.52. The number of esters is 1. The number of hydrazone groups is 1. The van der Waals surface area contributed by atoms with Crippen LogP contribution in [0.3, 0.4) is 0 Å². The van der Waals surface area contributed by atoms with Crippen LogP contribution in [0.4, 0.5) is 0 Å². The van der Waals surface area contributed by atoms with Crippen LogP contribution < -0.4 is 14.9 Å². The summed E-state index contributed by atoms with van der Waals surface area (Å²) in [6, 6.07) is 20.7. The molecule has 0 fully saturated rings. The molecular weight excluding hydrogens is 416 g/mol. The molecule has 0 bridgehead atoms. The van der Waals surface area contributed by atoms with E-state index in [1.165, 1.54) is 6.21 Å². The number of hydrogen-bond donors (Lipinski definition) is 1. The standard InChI is InChI=1S/C24H21ClN2O4/c1-16-5-3-4-6-22(16)24(29)31-21-11-7-18(8-12-21)15-26-27-23(28)17(2)30-20-13-9-19(25)10-14-20/h3-15,17H,1-2H3,(H,27,28). The fourth-order valence-electron chi connectivity index (χ4n) is 2.62. The molecular formula is C24H21ClN2O4. The minimum Gasteiger partial charge on any atom is -0.481 e. The van der Waals surface area contributed by atoms with E-state index in [9.17, 15) is 9.59 Å². The van der Waals surface area contributed by atoms with Gasteiger partial charge in [0.05, 0.1) is 11.8 Å². The molecule has 0 aliphatic carbocycles. The van der Waals surface area contributed by atoms with Crippen LogP contribution in [0, 0.1) is 6.92 Å². The lowest BCUT2D eigenvalue weighted by Crippen LogP contribution is -2.33. The van der Waals surface area contributed by atoms with Crippen LogP contribution in [0.15, 0.2) is 77.9 Å². The van der Waals surface area contributed by atoms with Gasteiger partial charge in [-0.25, -0.2) is 10.2 Å². The third-order valence-electron chi connectivity index (χ3n) is 4.34. The van der Waals surface area contributed by atoms with E-state index in [2.05, 4.69) is 10.5 Å². The zero-order valence-corrected chi connectivity index (χ0v) is 17.8. The van der Waals surface area contributed by atoms with Gasteiger partial charge in [-0.05, 0) is 79.6 Å². The molecule has 0 aliphatic rings. The summed E-state index contributed by atoms with van der Waals surface area (Å²) in [6.07, 6.45) is 0.751. The number of ether oxygens (including phenoxy) is 2. The number of carbonyl (C=O) groups is 2. The molecule has 0 spiro atoms. The van der Waals surface area contributed by atoms with Crippen LogP contribution in [-0.2, 0) is 4.79 Å². The summed E-state index contributed by atoms with van der Waals surface area (Å²) >= 11 is 5.83. The zero-order valence-electron chi connectivity index (χ0n) is 17.0. The third kappa shape index (κ3) is 6.42. The highest BCUT2D eigenvalue weighted by molar-refractivity contribution is 6.30. The van der Waals surface area contributed by atoms with E-state index < -0.39 is 18.0 Å².